The predicted octanol–water partition coefficient (Wildman–Crippen LogP) is 6.33. The molecule has 9 heteroatoms. The van der Waals surface area contributed by atoms with Crippen molar-refractivity contribution < 1.29 is 14.4 Å². The van der Waals surface area contributed by atoms with Gasteiger partial charge in [-0.1, -0.05) is 68.8 Å². The van der Waals surface area contributed by atoms with Crippen molar-refractivity contribution in [2.24, 2.45) is 5.92 Å². The number of rotatable bonds is 8. The molecule has 0 saturated carbocycles. The molecule has 1 saturated heterocycles. The fraction of sp³-hybridized carbons (Fsp3) is 0.333. The van der Waals surface area contributed by atoms with Crippen molar-refractivity contribution in [1.29, 1.82) is 0 Å². The van der Waals surface area contributed by atoms with E-state index in [1.807, 2.05) is 66.4 Å². The van der Waals surface area contributed by atoms with Crippen LogP contribution in [0.4, 0.5) is 16.3 Å². The number of benzene rings is 3. The van der Waals surface area contributed by atoms with Gasteiger partial charge >= 0.3 is 6.03 Å². The number of piperidine rings is 1. The van der Waals surface area contributed by atoms with Gasteiger partial charge in [0.15, 0.2) is 0 Å². The molecule has 3 aromatic carbocycles. The van der Waals surface area contributed by atoms with Crippen molar-refractivity contribution in [3.8, 4) is 5.69 Å². The molecule has 1 aliphatic heterocycles. The maximum Gasteiger partial charge on any atom is 0.324 e. The molecule has 4 amide bonds. The van der Waals surface area contributed by atoms with Gasteiger partial charge in [0, 0.05) is 35.8 Å². The SMILES string of the molecule is Cc1ccc(-n2nc(C(C)(C)C)cc2NC(=O)Nc2cccc(CC3CCN(C(=O)CNC(=O)c4ccccc4)CC3)c2)cc1. The largest absolute Gasteiger partial charge is 0.343 e. The predicted molar refractivity (Wildman–Crippen MR) is 178 cm³/mol. The van der Waals surface area contributed by atoms with Gasteiger partial charge in [-0.3, -0.25) is 14.9 Å². The normalized spacial score (nSPS) is 13.7. The summed E-state index contributed by atoms with van der Waals surface area (Å²) in [7, 11) is 0. The topological polar surface area (TPSA) is 108 Å². The Kier molecular flexibility index (Phi) is 9.66. The minimum Gasteiger partial charge on any atom is -0.343 e. The number of anilines is 2. The Labute approximate surface area is 265 Å². The Morgan fingerprint density at radius 1 is 0.867 bits per heavy atom. The minimum absolute atomic E-state index is 0.00248. The van der Waals surface area contributed by atoms with Gasteiger partial charge in [0.05, 0.1) is 17.9 Å². The zero-order valence-electron chi connectivity index (χ0n) is 26.5. The Balaban J connectivity index is 1.14. The Hall–Kier alpha value is -4.92. The number of carbonyl (C=O) groups excluding carboxylic acids is 3. The summed E-state index contributed by atoms with van der Waals surface area (Å²) < 4.78 is 1.77. The van der Waals surface area contributed by atoms with E-state index in [1.54, 1.807) is 28.9 Å². The minimum atomic E-state index is -0.341. The summed E-state index contributed by atoms with van der Waals surface area (Å²) in [6.07, 6.45) is 2.63. The van der Waals surface area contributed by atoms with E-state index in [0.29, 0.717) is 36.1 Å². The Bertz CT molecular complexity index is 1630. The van der Waals surface area contributed by atoms with E-state index in [-0.39, 0.29) is 29.8 Å². The summed E-state index contributed by atoms with van der Waals surface area (Å²) in [6, 6.07) is 26.4. The van der Waals surface area contributed by atoms with Crippen LogP contribution in [0.25, 0.3) is 5.69 Å². The van der Waals surface area contributed by atoms with Crippen LogP contribution < -0.4 is 16.0 Å². The highest BCUT2D eigenvalue weighted by Gasteiger charge is 2.24. The van der Waals surface area contributed by atoms with Crippen LogP contribution in [-0.2, 0) is 16.6 Å². The van der Waals surface area contributed by atoms with Crippen LogP contribution in [0.5, 0.6) is 0 Å². The highest BCUT2D eigenvalue weighted by Crippen LogP contribution is 2.27. The van der Waals surface area contributed by atoms with Gasteiger partial charge in [0.2, 0.25) is 5.91 Å². The van der Waals surface area contributed by atoms with Crippen molar-refractivity contribution in [2.75, 3.05) is 30.3 Å². The molecule has 1 aromatic heterocycles. The number of aromatic nitrogens is 2. The van der Waals surface area contributed by atoms with E-state index < -0.39 is 0 Å². The molecule has 0 spiro atoms. The summed E-state index contributed by atoms with van der Waals surface area (Å²) in [5, 5.41) is 13.5. The molecule has 3 N–H and O–H groups in total. The summed E-state index contributed by atoms with van der Waals surface area (Å²) in [6.45, 7) is 9.65. The molecule has 5 rings (SSSR count). The number of likely N-dealkylation sites (tertiary alicyclic amines) is 1. The molecule has 4 aromatic rings. The molecule has 0 aliphatic carbocycles. The zero-order chi connectivity index (χ0) is 32.0. The summed E-state index contributed by atoms with van der Waals surface area (Å²) >= 11 is 0. The van der Waals surface area contributed by atoms with E-state index in [4.69, 9.17) is 5.10 Å². The molecule has 0 unspecified atom stereocenters. The van der Waals surface area contributed by atoms with Gasteiger partial charge in [0.25, 0.3) is 5.91 Å². The van der Waals surface area contributed by atoms with Crippen molar-refractivity contribution in [1.82, 2.24) is 20.0 Å². The van der Waals surface area contributed by atoms with Crippen LogP contribution in [0, 0.1) is 12.8 Å². The van der Waals surface area contributed by atoms with Gasteiger partial charge in [0.1, 0.15) is 5.82 Å². The molecule has 2 heterocycles. The third-order valence-corrected chi connectivity index (χ3v) is 8.11. The summed E-state index contributed by atoms with van der Waals surface area (Å²) in [4.78, 5) is 39.9. The summed E-state index contributed by atoms with van der Waals surface area (Å²) in [5.41, 5.74) is 5.11. The smallest absolute Gasteiger partial charge is 0.324 e. The maximum atomic E-state index is 13.1. The van der Waals surface area contributed by atoms with E-state index in [9.17, 15) is 14.4 Å². The number of nitrogens with zero attached hydrogens (tertiary/aromatic N) is 3. The van der Waals surface area contributed by atoms with Crippen molar-refractivity contribution >= 4 is 29.4 Å². The van der Waals surface area contributed by atoms with Crippen LogP contribution >= 0.6 is 0 Å². The lowest BCUT2D eigenvalue weighted by Crippen LogP contribution is -2.44. The Morgan fingerprint density at radius 2 is 1.58 bits per heavy atom. The second-order valence-corrected chi connectivity index (χ2v) is 12.8. The number of aryl methyl sites for hydroxylation is 1. The third kappa shape index (κ3) is 8.38. The van der Waals surface area contributed by atoms with Crippen LogP contribution in [0.15, 0.2) is 84.9 Å². The van der Waals surface area contributed by atoms with Gasteiger partial charge in [-0.25, -0.2) is 9.48 Å². The number of nitrogens with one attached hydrogen (secondary N) is 3. The van der Waals surface area contributed by atoms with Crippen molar-refractivity contribution in [3.63, 3.8) is 0 Å². The number of hydrogen-bond donors (Lipinski definition) is 3. The van der Waals surface area contributed by atoms with Crippen LogP contribution in [-0.4, -0.2) is 52.2 Å². The monoisotopic (exact) mass is 606 g/mol. The average Bonchev–Trinajstić information content (AvgIpc) is 3.45. The van der Waals surface area contributed by atoms with E-state index in [0.717, 1.165) is 41.8 Å². The molecule has 0 radical (unpaired) electrons. The molecule has 234 valence electrons. The molecular weight excluding hydrogens is 564 g/mol. The lowest BCUT2D eigenvalue weighted by Gasteiger charge is -2.32. The van der Waals surface area contributed by atoms with E-state index in [1.165, 1.54) is 0 Å². The molecule has 0 bridgehead atoms. The lowest BCUT2D eigenvalue weighted by atomic mass is 9.90. The van der Waals surface area contributed by atoms with Crippen molar-refractivity contribution in [2.45, 2.75) is 52.4 Å². The first-order valence-electron chi connectivity index (χ1n) is 15.5. The highest BCUT2D eigenvalue weighted by atomic mass is 16.2. The molecule has 0 atom stereocenters. The number of amides is 4. The molecule has 1 aliphatic rings. The highest BCUT2D eigenvalue weighted by molar-refractivity contribution is 5.99. The summed E-state index contributed by atoms with van der Waals surface area (Å²) in [5.74, 6) is 0.718. The van der Waals surface area contributed by atoms with Crippen LogP contribution in [0.3, 0.4) is 0 Å². The van der Waals surface area contributed by atoms with Crippen LogP contribution in [0.2, 0.25) is 0 Å². The number of urea groups is 1. The van der Waals surface area contributed by atoms with Gasteiger partial charge in [-0.15, -0.1) is 0 Å². The standard InChI is InChI=1S/C36H42N6O3/c1-25-13-15-30(16-14-25)42-32(23-31(40-42)36(2,3)4)39-35(45)38-29-12-8-9-27(22-29)21-26-17-19-41(20-18-26)33(43)24-37-34(44)28-10-6-5-7-11-28/h5-16,22-23,26H,17-21,24H2,1-4H3,(H,37,44)(H2,38,39,45). The second-order valence-electron chi connectivity index (χ2n) is 12.8. The first kappa shape index (κ1) is 31.5. The average molecular weight is 607 g/mol. The van der Waals surface area contributed by atoms with Gasteiger partial charge in [-0.2, -0.15) is 5.10 Å². The quantitative estimate of drug-likeness (QED) is 0.218. The molecular formula is C36H42N6O3. The second kappa shape index (κ2) is 13.8. The molecule has 45 heavy (non-hydrogen) atoms. The molecule has 9 nitrogen and oxygen atoms in total. The Morgan fingerprint density at radius 3 is 2.27 bits per heavy atom. The van der Waals surface area contributed by atoms with E-state index >= 15 is 0 Å². The third-order valence-electron chi connectivity index (χ3n) is 8.11. The first-order chi connectivity index (χ1) is 21.5. The fourth-order valence-electron chi connectivity index (χ4n) is 5.45. The maximum absolute atomic E-state index is 13.1. The van der Waals surface area contributed by atoms with Gasteiger partial charge < -0.3 is 15.5 Å². The number of hydrogen-bond acceptors (Lipinski definition) is 4. The van der Waals surface area contributed by atoms with Crippen LogP contribution in [0.1, 0.15) is 60.8 Å². The molecule has 1 fully saturated rings. The van der Waals surface area contributed by atoms with E-state index in [2.05, 4.69) is 42.8 Å². The zero-order valence-corrected chi connectivity index (χ0v) is 26.5. The first-order valence-corrected chi connectivity index (χ1v) is 15.5. The lowest BCUT2D eigenvalue weighted by molar-refractivity contribution is -0.131. The van der Waals surface area contributed by atoms with Gasteiger partial charge in [-0.05, 0) is 74.1 Å². The number of carbonyl (C=O) groups is 3. The fourth-order valence-corrected chi connectivity index (χ4v) is 5.45. The van der Waals surface area contributed by atoms with Crippen molar-refractivity contribution in [3.05, 3.63) is 107 Å².